The molecule has 0 radical (unpaired) electrons. The van der Waals surface area contributed by atoms with Crippen LogP contribution >= 0.6 is 0 Å². The Labute approximate surface area is 106 Å². The molecule has 0 saturated heterocycles. The monoisotopic (exact) mass is 245 g/mol. The van der Waals surface area contributed by atoms with Gasteiger partial charge in [0.25, 0.3) is 0 Å². The Hall–Kier alpha value is -1.84. The summed E-state index contributed by atoms with van der Waals surface area (Å²) in [6, 6.07) is 5.35. The molecule has 1 aromatic carbocycles. The molecule has 1 saturated carbocycles. The molecule has 0 aromatic heterocycles. The molecule has 1 fully saturated rings. The van der Waals surface area contributed by atoms with E-state index in [0.29, 0.717) is 17.9 Å². The molecule has 0 N–H and O–H groups in total. The third kappa shape index (κ3) is 1.88. The van der Waals surface area contributed by atoms with Gasteiger partial charge in [0.05, 0.1) is 19.1 Å². The Morgan fingerprint density at radius 2 is 2.22 bits per heavy atom. The van der Waals surface area contributed by atoms with E-state index in [9.17, 15) is 9.59 Å². The SMILES string of the molecule is COC(=O)c1ccc2c(c1)CC(=O)N2CC1CC1. The normalized spacial score (nSPS) is 17.8. The van der Waals surface area contributed by atoms with Crippen molar-refractivity contribution in [2.45, 2.75) is 19.3 Å². The van der Waals surface area contributed by atoms with Crippen LogP contribution in [0.3, 0.4) is 0 Å². The van der Waals surface area contributed by atoms with Gasteiger partial charge in [-0.15, -0.1) is 0 Å². The highest BCUT2D eigenvalue weighted by Crippen LogP contribution is 2.36. The van der Waals surface area contributed by atoms with E-state index in [1.165, 1.54) is 20.0 Å². The minimum absolute atomic E-state index is 0.138. The number of esters is 1. The molecule has 18 heavy (non-hydrogen) atoms. The van der Waals surface area contributed by atoms with Crippen molar-refractivity contribution in [2.75, 3.05) is 18.6 Å². The van der Waals surface area contributed by atoms with Crippen LogP contribution in [0.5, 0.6) is 0 Å². The highest BCUT2D eigenvalue weighted by atomic mass is 16.5. The van der Waals surface area contributed by atoms with E-state index >= 15 is 0 Å². The predicted molar refractivity (Wildman–Crippen MR) is 66.6 cm³/mol. The molecule has 0 unspecified atom stereocenters. The van der Waals surface area contributed by atoms with Gasteiger partial charge < -0.3 is 9.64 Å². The number of benzene rings is 1. The minimum Gasteiger partial charge on any atom is -0.465 e. The van der Waals surface area contributed by atoms with E-state index in [1.807, 2.05) is 11.0 Å². The Balaban J connectivity index is 1.89. The van der Waals surface area contributed by atoms with Crippen LogP contribution in [0.4, 0.5) is 5.69 Å². The van der Waals surface area contributed by atoms with E-state index in [1.54, 1.807) is 12.1 Å². The second kappa shape index (κ2) is 4.12. The number of nitrogens with zero attached hydrogens (tertiary/aromatic N) is 1. The number of carbonyl (C=O) groups excluding carboxylic acids is 2. The number of hydrogen-bond donors (Lipinski definition) is 0. The van der Waals surface area contributed by atoms with Crippen molar-refractivity contribution in [3.05, 3.63) is 29.3 Å². The fourth-order valence-electron chi connectivity index (χ4n) is 2.39. The smallest absolute Gasteiger partial charge is 0.337 e. The molecule has 1 heterocycles. The molecule has 0 bridgehead atoms. The Kier molecular flexibility index (Phi) is 2.58. The van der Waals surface area contributed by atoms with E-state index in [0.717, 1.165) is 17.8 Å². The molecule has 2 aliphatic rings. The summed E-state index contributed by atoms with van der Waals surface area (Å²) in [7, 11) is 1.36. The number of anilines is 1. The maximum Gasteiger partial charge on any atom is 0.337 e. The fraction of sp³-hybridized carbons (Fsp3) is 0.429. The lowest BCUT2D eigenvalue weighted by Crippen LogP contribution is -2.28. The summed E-state index contributed by atoms with van der Waals surface area (Å²) < 4.78 is 4.69. The second-order valence-corrected chi connectivity index (χ2v) is 4.96. The molecule has 1 aliphatic carbocycles. The van der Waals surface area contributed by atoms with Gasteiger partial charge in [0.15, 0.2) is 0 Å². The van der Waals surface area contributed by atoms with Crippen LogP contribution in [0.2, 0.25) is 0 Å². The lowest BCUT2D eigenvalue weighted by molar-refractivity contribution is -0.117. The molecule has 0 spiro atoms. The first-order chi connectivity index (χ1) is 8.69. The number of ether oxygens (including phenoxy) is 1. The van der Waals surface area contributed by atoms with Crippen molar-refractivity contribution in [3.63, 3.8) is 0 Å². The Bertz CT molecular complexity index is 520. The summed E-state index contributed by atoms with van der Waals surface area (Å²) in [4.78, 5) is 25.3. The molecule has 1 aromatic rings. The van der Waals surface area contributed by atoms with Gasteiger partial charge in [-0.1, -0.05) is 0 Å². The lowest BCUT2D eigenvalue weighted by atomic mass is 10.1. The van der Waals surface area contributed by atoms with Gasteiger partial charge in [0.2, 0.25) is 5.91 Å². The van der Waals surface area contributed by atoms with Crippen LogP contribution in [-0.4, -0.2) is 25.5 Å². The van der Waals surface area contributed by atoms with Crippen LogP contribution in [-0.2, 0) is 16.0 Å². The predicted octanol–water partition coefficient (Wildman–Crippen LogP) is 1.77. The van der Waals surface area contributed by atoms with Crippen molar-refractivity contribution < 1.29 is 14.3 Å². The standard InChI is InChI=1S/C14H15NO3/c1-18-14(17)10-4-5-12-11(6-10)7-13(16)15(12)8-9-2-3-9/h4-6,9H,2-3,7-8H2,1H3. The van der Waals surface area contributed by atoms with Crippen LogP contribution in [0.1, 0.15) is 28.8 Å². The first kappa shape index (κ1) is 11.3. The Morgan fingerprint density at radius 1 is 1.44 bits per heavy atom. The van der Waals surface area contributed by atoms with Crippen molar-refractivity contribution in [1.29, 1.82) is 0 Å². The zero-order valence-corrected chi connectivity index (χ0v) is 10.3. The van der Waals surface area contributed by atoms with Crippen molar-refractivity contribution in [3.8, 4) is 0 Å². The maximum absolute atomic E-state index is 12.0. The summed E-state index contributed by atoms with van der Waals surface area (Å²) in [5.41, 5.74) is 2.40. The highest BCUT2D eigenvalue weighted by molar-refractivity contribution is 6.02. The number of methoxy groups -OCH3 is 1. The van der Waals surface area contributed by atoms with E-state index in [-0.39, 0.29) is 11.9 Å². The molecule has 0 atom stereocenters. The zero-order chi connectivity index (χ0) is 12.7. The van der Waals surface area contributed by atoms with Crippen LogP contribution in [0, 0.1) is 5.92 Å². The lowest BCUT2D eigenvalue weighted by Gasteiger charge is -2.17. The summed E-state index contributed by atoms with van der Waals surface area (Å²) in [5.74, 6) is 0.449. The van der Waals surface area contributed by atoms with E-state index in [4.69, 9.17) is 0 Å². The molecule has 3 rings (SSSR count). The molecule has 1 aliphatic heterocycles. The fourth-order valence-corrected chi connectivity index (χ4v) is 2.39. The van der Waals surface area contributed by atoms with Gasteiger partial charge in [-0.3, -0.25) is 4.79 Å². The summed E-state index contributed by atoms with van der Waals surface area (Å²) in [6.45, 7) is 0.823. The van der Waals surface area contributed by atoms with Gasteiger partial charge in [0.1, 0.15) is 0 Å². The number of carbonyl (C=O) groups is 2. The van der Waals surface area contributed by atoms with Gasteiger partial charge in [0, 0.05) is 12.2 Å². The highest BCUT2D eigenvalue weighted by Gasteiger charge is 2.33. The van der Waals surface area contributed by atoms with Crippen LogP contribution in [0.15, 0.2) is 18.2 Å². The molecular weight excluding hydrogens is 230 g/mol. The van der Waals surface area contributed by atoms with Gasteiger partial charge in [-0.05, 0) is 42.5 Å². The average Bonchev–Trinajstić information content (AvgIpc) is 3.13. The quantitative estimate of drug-likeness (QED) is 0.762. The molecule has 94 valence electrons. The topological polar surface area (TPSA) is 46.6 Å². The number of amides is 1. The molecule has 4 nitrogen and oxygen atoms in total. The van der Waals surface area contributed by atoms with Crippen molar-refractivity contribution in [2.24, 2.45) is 5.92 Å². The average molecular weight is 245 g/mol. The first-order valence-electron chi connectivity index (χ1n) is 6.20. The first-order valence-corrected chi connectivity index (χ1v) is 6.20. The third-order valence-electron chi connectivity index (χ3n) is 3.57. The van der Waals surface area contributed by atoms with Crippen molar-refractivity contribution >= 4 is 17.6 Å². The maximum atomic E-state index is 12.0. The van der Waals surface area contributed by atoms with Gasteiger partial charge >= 0.3 is 5.97 Å². The zero-order valence-electron chi connectivity index (χ0n) is 10.3. The van der Waals surface area contributed by atoms with Crippen LogP contribution in [0.25, 0.3) is 0 Å². The molecular formula is C14H15NO3. The minimum atomic E-state index is -0.356. The number of rotatable bonds is 3. The number of hydrogen-bond acceptors (Lipinski definition) is 3. The summed E-state index contributed by atoms with van der Waals surface area (Å²) >= 11 is 0. The van der Waals surface area contributed by atoms with Crippen LogP contribution < -0.4 is 4.90 Å². The summed E-state index contributed by atoms with van der Waals surface area (Å²) in [6.07, 6.45) is 2.84. The largest absolute Gasteiger partial charge is 0.465 e. The Morgan fingerprint density at radius 3 is 2.89 bits per heavy atom. The summed E-state index contributed by atoms with van der Waals surface area (Å²) in [5, 5.41) is 0. The van der Waals surface area contributed by atoms with E-state index in [2.05, 4.69) is 4.74 Å². The van der Waals surface area contributed by atoms with E-state index < -0.39 is 0 Å². The molecule has 1 amide bonds. The van der Waals surface area contributed by atoms with Gasteiger partial charge in [-0.25, -0.2) is 4.79 Å². The number of fused-ring (bicyclic) bond motifs is 1. The van der Waals surface area contributed by atoms with Gasteiger partial charge in [-0.2, -0.15) is 0 Å². The third-order valence-corrected chi connectivity index (χ3v) is 3.57. The van der Waals surface area contributed by atoms with Crippen molar-refractivity contribution in [1.82, 2.24) is 0 Å². The molecule has 4 heteroatoms. The second-order valence-electron chi connectivity index (χ2n) is 4.96.